The number of imidazole rings is 1. The summed E-state index contributed by atoms with van der Waals surface area (Å²) in [6.45, 7) is 4.70. The highest BCUT2D eigenvalue weighted by Gasteiger charge is 2.31. The molecule has 0 radical (unpaired) electrons. The van der Waals surface area contributed by atoms with Crippen LogP contribution < -0.4 is 10.3 Å². The van der Waals surface area contributed by atoms with Crippen LogP contribution in [0, 0.1) is 6.92 Å². The van der Waals surface area contributed by atoms with Crippen molar-refractivity contribution in [2.24, 2.45) is 0 Å². The fourth-order valence-corrected chi connectivity index (χ4v) is 4.15. The molecule has 1 atom stereocenters. The van der Waals surface area contributed by atoms with Crippen molar-refractivity contribution in [2.45, 2.75) is 33.0 Å². The number of aromatic nitrogens is 3. The van der Waals surface area contributed by atoms with E-state index in [0.29, 0.717) is 30.2 Å². The van der Waals surface area contributed by atoms with Gasteiger partial charge in [-0.25, -0.2) is 4.98 Å². The van der Waals surface area contributed by atoms with Gasteiger partial charge in [-0.15, -0.1) is 0 Å². The van der Waals surface area contributed by atoms with Crippen molar-refractivity contribution in [3.05, 3.63) is 107 Å². The van der Waals surface area contributed by atoms with Gasteiger partial charge < -0.3 is 18.8 Å². The van der Waals surface area contributed by atoms with Crippen molar-refractivity contribution in [1.82, 2.24) is 19.0 Å². The van der Waals surface area contributed by atoms with Crippen LogP contribution in [0.15, 0.2) is 84.0 Å². The summed E-state index contributed by atoms with van der Waals surface area (Å²) < 4.78 is 9.21. The second kappa shape index (κ2) is 8.43. The maximum atomic E-state index is 13.3. The molecule has 1 aliphatic rings. The molecule has 1 aliphatic heterocycles. The maximum Gasteiger partial charge on any atom is 0.275 e. The molecule has 5 rings (SSSR count). The molecule has 166 valence electrons. The highest BCUT2D eigenvalue weighted by atomic mass is 16.5. The van der Waals surface area contributed by atoms with Gasteiger partial charge in [-0.2, -0.15) is 0 Å². The van der Waals surface area contributed by atoms with Gasteiger partial charge in [0.05, 0.1) is 12.0 Å². The number of nitrogens with zero attached hydrogens (tertiary/aromatic N) is 4. The third-order valence-electron chi connectivity index (χ3n) is 5.83. The Morgan fingerprint density at radius 3 is 2.55 bits per heavy atom. The Hall–Kier alpha value is -4.13. The number of benzene rings is 2. The summed E-state index contributed by atoms with van der Waals surface area (Å²) in [5.74, 6) is 1.32. The SMILES string of the molecule is Cc1cn(-c2ccc3n(c2=O)C[C@@H](C)N(Cc2cccc(Oc4ccccc4)c2)C3=O)cn1. The van der Waals surface area contributed by atoms with Crippen LogP contribution in [0.25, 0.3) is 5.69 Å². The average Bonchev–Trinajstić information content (AvgIpc) is 3.24. The van der Waals surface area contributed by atoms with E-state index in [1.54, 1.807) is 38.7 Å². The summed E-state index contributed by atoms with van der Waals surface area (Å²) in [6.07, 6.45) is 3.42. The number of para-hydroxylation sites is 1. The van der Waals surface area contributed by atoms with E-state index in [9.17, 15) is 9.59 Å². The molecule has 0 saturated carbocycles. The lowest BCUT2D eigenvalue weighted by Gasteiger charge is -2.35. The van der Waals surface area contributed by atoms with Gasteiger partial charge in [0.1, 0.15) is 22.9 Å². The predicted octanol–water partition coefficient (Wildman–Crippen LogP) is 4.18. The van der Waals surface area contributed by atoms with E-state index < -0.39 is 0 Å². The molecule has 0 saturated heterocycles. The molecule has 0 unspecified atom stereocenters. The highest BCUT2D eigenvalue weighted by molar-refractivity contribution is 5.93. The lowest BCUT2D eigenvalue weighted by atomic mass is 10.1. The largest absolute Gasteiger partial charge is 0.457 e. The Bertz CT molecular complexity index is 1370. The summed E-state index contributed by atoms with van der Waals surface area (Å²) in [5, 5.41) is 0. The van der Waals surface area contributed by atoms with Gasteiger partial charge in [-0.3, -0.25) is 9.59 Å². The zero-order chi connectivity index (χ0) is 22.9. The number of fused-ring (bicyclic) bond motifs is 1. The Labute approximate surface area is 191 Å². The molecule has 7 nitrogen and oxygen atoms in total. The number of ether oxygens (including phenoxy) is 1. The van der Waals surface area contributed by atoms with E-state index in [1.165, 1.54) is 0 Å². The molecular formula is C26H24N4O3. The fraction of sp³-hybridized carbons (Fsp3) is 0.192. The number of pyridine rings is 1. The Kier molecular flexibility index (Phi) is 5.30. The fourth-order valence-electron chi connectivity index (χ4n) is 4.15. The van der Waals surface area contributed by atoms with Crippen LogP contribution in [-0.2, 0) is 13.1 Å². The van der Waals surface area contributed by atoms with Gasteiger partial charge in [-0.1, -0.05) is 30.3 Å². The Morgan fingerprint density at radius 1 is 1.00 bits per heavy atom. The molecule has 4 aromatic rings. The minimum atomic E-state index is -0.192. The molecule has 2 aromatic carbocycles. The third-order valence-corrected chi connectivity index (χ3v) is 5.83. The molecule has 7 heteroatoms. The highest BCUT2D eigenvalue weighted by Crippen LogP contribution is 2.25. The van der Waals surface area contributed by atoms with Crippen molar-refractivity contribution in [3.8, 4) is 17.2 Å². The smallest absolute Gasteiger partial charge is 0.275 e. The molecule has 33 heavy (non-hydrogen) atoms. The molecule has 2 aromatic heterocycles. The van der Waals surface area contributed by atoms with Crippen molar-refractivity contribution >= 4 is 5.91 Å². The van der Waals surface area contributed by atoms with Gasteiger partial charge in [-0.05, 0) is 55.8 Å². The van der Waals surface area contributed by atoms with Crippen LogP contribution in [-0.4, -0.2) is 31.0 Å². The van der Waals surface area contributed by atoms with Crippen LogP contribution in [0.2, 0.25) is 0 Å². The lowest BCUT2D eigenvalue weighted by molar-refractivity contribution is 0.0589. The van der Waals surface area contributed by atoms with E-state index >= 15 is 0 Å². The van der Waals surface area contributed by atoms with Gasteiger partial charge >= 0.3 is 0 Å². The van der Waals surface area contributed by atoms with Crippen molar-refractivity contribution in [3.63, 3.8) is 0 Å². The van der Waals surface area contributed by atoms with Crippen LogP contribution in [0.4, 0.5) is 0 Å². The monoisotopic (exact) mass is 440 g/mol. The average molecular weight is 441 g/mol. The molecule has 0 fully saturated rings. The van der Waals surface area contributed by atoms with E-state index in [0.717, 1.165) is 17.0 Å². The summed E-state index contributed by atoms with van der Waals surface area (Å²) in [7, 11) is 0. The normalized spacial score (nSPS) is 15.4. The number of aryl methyl sites for hydroxylation is 1. The van der Waals surface area contributed by atoms with Gasteiger partial charge in [0.15, 0.2) is 0 Å². The zero-order valence-corrected chi connectivity index (χ0v) is 18.5. The standard InChI is InChI=1S/C26H24N4O3/c1-18-14-28(17-27-18)23-11-12-24-26(32)29(19(2)15-30(24)25(23)31)16-20-7-6-10-22(13-20)33-21-8-4-3-5-9-21/h3-14,17,19H,15-16H2,1-2H3/t19-/m1/s1. The number of hydrogen-bond acceptors (Lipinski definition) is 4. The van der Waals surface area contributed by atoms with Crippen LogP contribution in [0.5, 0.6) is 11.5 Å². The summed E-state index contributed by atoms with van der Waals surface area (Å²) in [4.78, 5) is 32.5. The van der Waals surface area contributed by atoms with E-state index in [-0.39, 0.29) is 17.5 Å². The number of amides is 1. The van der Waals surface area contributed by atoms with Crippen molar-refractivity contribution in [2.75, 3.05) is 0 Å². The second-order valence-electron chi connectivity index (χ2n) is 8.29. The molecule has 0 spiro atoms. The van der Waals surface area contributed by atoms with E-state index in [1.807, 2.05) is 68.4 Å². The first-order chi connectivity index (χ1) is 16.0. The third kappa shape index (κ3) is 4.05. The van der Waals surface area contributed by atoms with Crippen LogP contribution >= 0.6 is 0 Å². The summed E-state index contributed by atoms with van der Waals surface area (Å²) in [6, 6.07) is 20.6. The van der Waals surface area contributed by atoms with Crippen molar-refractivity contribution in [1.29, 1.82) is 0 Å². The number of carbonyl (C=O) groups is 1. The van der Waals surface area contributed by atoms with E-state index in [2.05, 4.69) is 4.98 Å². The summed E-state index contributed by atoms with van der Waals surface area (Å²) >= 11 is 0. The first-order valence-corrected chi connectivity index (χ1v) is 10.9. The number of hydrogen-bond donors (Lipinski definition) is 0. The molecule has 1 amide bonds. The minimum absolute atomic E-state index is 0.138. The quantitative estimate of drug-likeness (QED) is 0.467. The van der Waals surface area contributed by atoms with E-state index in [4.69, 9.17) is 4.74 Å². The van der Waals surface area contributed by atoms with Crippen LogP contribution in [0.3, 0.4) is 0 Å². The Balaban J connectivity index is 1.40. The molecular weight excluding hydrogens is 416 g/mol. The molecule has 0 aliphatic carbocycles. The molecule has 0 N–H and O–H groups in total. The van der Waals surface area contributed by atoms with Crippen molar-refractivity contribution < 1.29 is 9.53 Å². The van der Waals surface area contributed by atoms with Crippen LogP contribution in [0.1, 0.15) is 28.7 Å². The molecule has 0 bridgehead atoms. The maximum absolute atomic E-state index is 13.3. The minimum Gasteiger partial charge on any atom is -0.457 e. The topological polar surface area (TPSA) is 69.4 Å². The first-order valence-electron chi connectivity index (χ1n) is 10.9. The zero-order valence-electron chi connectivity index (χ0n) is 18.5. The van der Waals surface area contributed by atoms with Gasteiger partial charge in [0, 0.05) is 25.3 Å². The Morgan fingerprint density at radius 2 is 1.79 bits per heavy atom. The first kappa shape index (κ1) is 20.8. The summed E-state index contributed by atoms with van der Waals surface area (Å²) in [5.41, 5.74) is 2.48. The molecule has 3 heterocycles. The lowest BCUT2D eigenvalue weighted by Crippen LogP contribution is -2.49. The number of carbonyl (C=O) groups excluding carboxylic acids is 1. The second-order valence-corrected chi connectivity index (χ2v) is 8.29. The van der Waals surface area contributed by atoms with Gasteiger partial charge in [0.25, 0.3) is 11.5 Å². The van der Waals surface area contributed by atoms with Gasteiger partial charge in [0.2, 0.25) is 0 Å². The predicted molar refractivity (Wildman–Crippen MR) is 125 cm³/mol. The number of rotatable bonds is 5.